The van der Waals surface area contributed by atoms with Gasteiger partial charge in [-0.25, -0.2) is 13.4 Å². The molecule has 0 aliphatic carbocycles. The van der Waals surface area contributed by atoms with Crippen LogP contribution in [0.15, 0.2) is 47.5 Å². The van der Waals surface area contributed by atoms with Crippen molar-refractivity contribution in [3.05, 3.63) is 42.6 Å². The second-order valence-corrected chi connectivity index (χ2v) is 9.96. The molecule has 2 aromatic rings. The summed E-state index contributed by atoms with van der Waals surface area (Å²) in [5.74, 6) is 1.59. The summed E-state index contributed by atoms with van der Waals surface area (Å²) < 4.78 is 33.9. The second kappa shape index (κ2) is 9.31. The second-order valence-electron chi connectivity index (χ2n) is 8.07. The first kappa shape index (κ1) is 21.1. The number of rotatable bonds is 5. The Hall–Kier alpha value is -2.19. The third-order valence-corrected chi connectivity index (χ3v) is 8.23. The molecule has 2 aliphatic rings. The first-order valence-corrected chi connectivity index (χ1v) is 12.2. The molecule has 0 amide bonds. The van der Waals surface area contributed by atoms with Gasteiger partial charge in [0.15, 0.2) is 0 Å². The zero-order valence-corrected chi connectivity index (χ0v) is 18.3. The molecule has 0 unspecified atom stereocenters. The lowest BCUT2D eigenvalue weighted by Crippen LogP contribution is -2.48. The number of hydrogen-bond acceptors (Lipinski definition) is 6. The van der Waals surface area contributed by atoms with Crippen molar-refractivity contribution in [1.29, 1.82) is 0 Å². The number of ether oxygens (including phenoxy) is 1. The molecule has 4 rings (SSSR count). The van der Waals surface area contributed by atoms with Gasteiger partial charge in [0.1, 0.15) is 0 Å². The number of benzene rings is 1. The Morgan fingerprint density at radius 1 is 0.967 bits per heavy atom. The average molecular weight is 431 g/mol. The highest BCUT2D eigenvalue weighted by Crippen LogP contribution is 2.34. The van der Waals surface area contributed by atoms with Crippen molar-refractivity contribution >= 4 is 16.0 Å². The Balaban J connectivity index is 1.50. The van der Waals surface area contributed by atoms with Gasteiger partial charge >= 0.3 is 0 Å². The van der Waals surface area contributed by atoms with Gasteiger partial charge in [-0.05, 0) is 43.7 Å². The van der Waals surface area contributed by atoms with Crippen LogP contribution in [-0.2, 0) is 10.0 Å². The van der Waals surface area contributed by atoms with E-state index in [1.165, 1.54) is 0 Å². The molecule has 30 heavy (non-hydrogen) atoms. The molecule has 1 atom stereocenters. The number of methoxy groups -OCH3 is 1. The fraction of sp³-hybridized carbons (Fsp3) is 0.545. The van der Waals surface area contributed by atoms with Crippen LogP contribution in [0.2, 0.25) is 0 Å². The molecule has 2 fully saturated rings. The molecule has 0 N–H and O–H groups in total. The van der Waals surface area contributed by atoms with Crippen LogP contribution in [0, 0.1) is 5.92 Å². The summed E-state index contributed by atoms with van der Waals surface area (Å²) in [6.45, 7) is 2.27. The molecule has 0 saturated carbocycles. The molecular formula is C22H30N4O3S. The fourth-order valence-electron chi connectivity index (χ4n) is 4.69. The average Bonchev–Trinajstić information content (AvgIpc) is 3.07. The fourth-order valence-corrected chi connectivity index (χ4v) is 6.46. The van der Waals surface area contributed by atoms with Gasteiger partial charge in [0, 0.05) is 37.9 Å². The Morgan fingerprint density at radius 3 is 2.47 bits per heavy atom. The predicted octanol–water partition coefficient (Wildman–Crippen LogP) is 3.34. The molecule has 1 aromatic heterocycles. The summed E-state index contributed by atoms with van der Waals surface area (Å²) in [4.78, 5) is 11.4. The van der Waals surface area contributed by atoms with Gasteiger partial charge in [-0.2, -0.15) is 9.29 Å². The molecule has 7 nitrogen and oxygen atoms in total. The van der Waals surface area contributed by atoms with E-state index in [2.05, 4.69) is 14.9 Å². The zero-order chi connectivity index (χ0) is 21.0. The van der Waals surface area contributed by atoms with E-state index in [0.29, 0.717) is 29.2 Å². The van der Waals surface area contributed by atoms with Crippen LogP contribution in [0.3, 0.4) is 0 Å². The summed E-state index contributed by atoms with van der Waals surface area (Å²) in [5.41, 5.74) is 0. The van der Waals surface area contributed by atoms with Crippen molar-refractivity contribution in [2.24, 2.45) is 5.92 Å². The largest absolute Gasteiger partial charge is 0.481 e. The molecule has 8 heteroatoms. The predicted molar refractivity (Wildman–Crippen MR) is 116 cm³/mol. The number of anilines is 1. The lowest BCUT2D eigenvalue weighted by atomic mass is 9.87. The molecule has 0 bridgehead atoms. The van der Waals surface area contributed by atoms with Crippen LogP contribution < -0.4 is 9.64 Å². The van der Waals surface area contributed by atoms with Gasteiger partial charge in [-0.1, -0.05) is 31.0 Å². The van der Waals surface area contributed by atoms with E-state index in [9.17, 15) is 8.42 Å². The van der Waals surface area contributed by atoms with Crippen molar-refractivity contribution in [2.75, 3.05) is 31.6 Å². The molecule has 0 radical (unpaired) electrons. The summed E-state index contributed by atoms with van der Waals surface area (Å²) in [7, 11) is -1.88. The number of sulfonamides is 1. The minimum atomic E-state index is -3.48. The standard InChI is InChI=1S/C22H30N4O3S/c1-29-21-11-14-23-22(24-21)25-16-12-18(13-17-25)20-10-6-3-7-15-26(20)30(27,28)19-8-4-2-5-9-19/h2,4-5,8-9,11,14,18,20H,3,6-7,10,12-13,15-17H2,1H3/t20-/m1/s1. The van der Waals surface area contributed by atoms with Gasteiger partial charge in [0.2, 0.25) is 21.9 Å². The van der Waals surface area contributed by atoms with Gasteiger partial charge < -0.3 is 9.64 Å². The van der Waals surface area contributed by atoms with Crippen molar-refractivity contribution in [1.82, 2.24) is 14.3 Å². The minimum absolute atomic E-state index is 0.0612. The number of nitrogens with zero attached hydrogens (tertiary/aromatic N) is 4. The van der Waals surface area contributed by atoms with Crippen molar-refractivity contribution in [3.8, 4) is 5.88 Å². The smallest absolute Gasteiger partial charge is 0.243 e. The summed E-state index contributed by atoms with van der Waals surface area (Å²) in [6.07, 6.45) is 7.63. The number of aromatic nitrogens is 2. The Morgan fingerprint density at radius 2 is 1.73 bits per heavy atom. The molecule has 2 aliphatic heterocycles. The maximum absolute atomic E-state index is 13.4. The van der Waals surface area contributed by atoms with E-state index in [0.717, 1.165) is 51.6 Å². The molecule has 3 heterocycles. The molecule has 2 saturated heterocycles. The quantitative estimate of drug-likeness (QED) is 0.724. The lowest BCUT2D eigenvalue weighted by Gasteiger charge is -2.40. The van der Waals surface area contributed by atoms with Gasteiger partial charge in [-0.3, -0.25) is 0 Å². The van der Waals surface area contributed by atoms with E-state index >= 15 is 0 Å². The van der Waals surface area contributed by atoms with Crippen LogP contribution in [0.4, 0.5) is 5.95 Å². The van der Waals surface area contributed by atoms with Crippen LogP contribution in [0.1, 0.15) is 38.5 Å². The normalized spacial score (nSPS) is 21.9. The van der Waals surface area contributed by atoms with Crippen LogP contribution >= 0.6 is 0 Å². The van der Waals surface area contributed by atoms with E-state index in [-0.39, 0.29) is 6.04 Å². The maximum atomic E-state index is 13.4. The minimum Gasteiger partial charge on any atom is -0.481 e. The SMILES string of the molecule is COc1ccnc(N2CCC([C@H]3CCCCCN3S(=O)(=O)c3ccccc3)CC2)n1. The summed E-state index contributed by atoms with van der Waals surface area (Å²) in [6, 6.07) is 10.7. The Kier molecular flexibility index (Phi) is 6.53. The van der Waals surface area contributed by atoms with Crippen molar-refractivity contribution in [3.63, 3.8) is 0 Å². The third kappa shape index (κ3) is 4.44. The lowest BCUT2D eigenvalue weighted by molar-refractivity contribution is 0.205. The van der Waals surface area contributed by atoms with Crippen molar-refractivity contribution in [2.45, 2.75) is 49.5 Å². The highest BCUT2D eigenvalue weighted by Gasteiger charge is 2.38. The first-order valence-electron chi connectivity index (χ1n) is 10.8. The van der Waals surface area contributed by atoms with Gasteiger partial charge in [0.05, 0.1) is 12.0 Å². The maximum Gasteiger partial charge on any atom is 0.243 e. The topological polar surface area (TPSA) is 75.6 Å². The van der Waals surface area contributed by atoms with Crippen LogP contribution in [-0.4, -0.2) is 55.5 Å². The molecule has 162 valence electrons. The highest BCUT2D eigenvalue weighted by molar-refractivity contribution is 7.89. The van der Waals surface area contributed by atoms with Crippen molar-refractivity contribution < 1.29 is 13.2 Å². The monoisotopic (exact) mass is 430 g/mol. The molecular weight excluding hydrogens is 400 g/mol. The van der Waals surface area contributed by atoms with E-state index < -0.39 is 10.0 Å². The third-order valence-electron chi connectivity index (χ3n) is 6.29. The Bertz CT molecular complexity index is 930. The first-order chi connectivity index (χ1) is 14.6. The Labute approximate surface area is 179 Å². The highest BCUT2D eigenvalue weighted by atomic mass is 32.2. The van der Waals surface area contributed by atoms with Crippen LogP contribution in [0.5, 0.6) is 5.88 Å². The van der Waals surface area contributed by atoms with E-state index in [1.807, 2.05) is 6.07 Å². The summed E-state index contributed by atoms with van der Waals surface area (Å²) >= 11 is 0. The van der Waals surface area contributed by atoms with Gasteiger partial charge in [-0.15, -0.1) is 0 Å². The number of piperidine rings is 1. The van der Waals surface area contributed by atoms with Gasteiger partial charge in [0.25, 0.3) is 0 Å². The summed E-state index contributed by atoms with van der Waals surface area (Å²) in [5, 5.41) is 0. The van der Waals surface area contributed by atoms with E-state index in [4.69, 9.17) is 4.74 Å². The molecule has 0 spiro atoms. The zero-order valence-electron chi connectivity index (χ0n) is 17.5. The molecule has 1 aromatic carbocycles. The number of hydrogen-bond donors (Lipinski definition) is 0. The van der Waals surface area contributed by atoms with Crippen LogP contribution in [0.25, 0.3) is 0 Å². The van der Waals surface area contributed by atoms with E-state index in [1.54, 1.807) is 47.9 Å².